The number of hydrogen-bond acceptors (Lipinski definition) is 4. The van der Waals surface area contributed by atoms with Crippen LogP contribution in [-0.2, 0) is 0 Å². The maximum atomic E-state index is 11.4. The Balaban J connectivity index is 2.34. The van der Waals surface area contributed by atoms with Gasteiger partial charge in [-0.2, -0.15) is 0 Å². The monoisotopic (exact) mass is 263 g/mol. The van der Waals surface area contributed by atoms with E-state index < -0.39 is 0 Å². The van der Waals surface area contributed by atoms with Crippen LogP contribution in [0.3, 0.4) is 0 Å². The molecule has 104 valence electrons. The predicted octanol–water partition coefficient (Wildman–Crippen LogP) is 3.26. The smallest absolute Gasteiger partial charge is 0.315 e. The highest BCUT2D eigenvalue weighted by Crippen LogP contribution is 2.38. The van der Waals surface area contributed by atoms with Crippen molar-refractivity contribution >= 4 is 17.1 Å². The van der Waals surface area contributed by atoms with Crippen molar-refractivity contribution in [1.29, 1.82) is 0 Å². The fourth-order valence-electron chi connectivity index (χ4n) is 2.70. The zero-order valence-corrected chi connectivity index (χ0v) is 11.6. The molecule has 0 bridgehead atoms. The van der Waals surface area contributed by atoms with Crippen LogP contribution >= 0.6 is 0 Å². The van der Waals surface area contributed by atoms with Gasteiger partial charge in [0.05, 0.1) is 4.92 Å². The number of nitro benzene ring substituents is 1. The first-order valence-electron chi connectivity index (χ1n) is 6.93. The molecule has 0 amide bonds. The minimum absolute atomic E-state index is 0.209. The molecule has 0 aromatic heterocycles. The summed E-state index contributed by atoms with van der Waals surface area (Å²) in [6.07, 6.45) is 2.26. The number of benzene rings is 1. The molecule has 1 aliphatic heterocycles. The molecule has 1 N–H and O–H groups in total. The number of rotatable bonds is 5. The first-order chi connectivity index (χ1) is 9.17. The molecule has 1 unspecified atom stereocenters. The molecular weight excluding hydrogens is 242 g/mol. The molecule has 19 heavy (non-hydrogen) atoms. The molecule has 0 radical (unpaired) electrons. The van der Waals surface area contributed by atoms with Gasteiger partial charge in [0.25, 0.3) is 0 Å². The number of nitrogens with one attached hydrogen (secondary N) is 1. The highest BCUT2D eigenvalue weighted by molar-refractivity contribution is 5.77. The van der Waals surface area contributed by atoms with Gasteiger partial charge in [0, 0.05) is 19.6 Å². The maximum Gasteiger partial charge on any atom is 0.315 e. The summed E-state index contributed by atoms with van der Waals surface area (Å²) in [6.45, 7) is 6.64. The van der Waals surface area contributed by atoms with E-state index in [1.807, 2.05) is 19.1 Å². The molecule has 5 nitrogen and oxygen atoms in total. The lowest BCUT2D eigenvalue weighted by molar-refractivity contribution is -0.383. The zero-order valence-electron chi connectivity index (χ0n) is 11.6. The van der Waals surface area contributed by atoms with Gasteiger partial charge in [-0.05, 0) is 31.4 Å². The quantitative estimate of drug-likeness (QED) is 0.654. The lowest BCUT2D eigenvalue weighted by atomic mass is 10.1. The summed E-state index contributed by atoms with van der Waals surface area (Å²) in [7, 11) is 0. The van der Waals surface area contributed by atoms with Gasteiger partial charge in [-0.15, -0.1) is 0 Å². The van der Waals surface area contributed by atoms with Crippen LogP contribution in [-0.4, -0.2) is 24.6 Å². The third-order valence-corrected chi connectivity index (χ3v) is 3.77. The highest BCUT2D eigenvalue weighted by atomic mass is 16.6. The average Bonchev–Trinajstić information content (AvgIpc) is 2.87. The lowest BCUT2D eigenvalue weighted by Crippen LogP contribution is -2.21. The van der Waals surface area contributed by atoms with Crippen molar-refractivity contribution in [3.05, 3.63) is 28.3 Å². The Kier molecular flexibility index (Phi) is 4.24. The van der Waals surface area contributed by atoms with Crippen LogP contribution in [0.25, 0.3) is 0 Å². The van der Waals surface area contributed by atoms with Gasteiger partial charge in [0.15, 0.2) is 0 Å². The van der Waals surface area contributed by atoms with E-state index in [9.17, 15) is 10.1 Å². The minimum Gasteiger partial charge on any atom is -0.380 e. The van der Waals surface area contributed by atoms with Crippen molar-refractivity contribution in [3.8, 4) is 0 Å². The summed E-state index contributed by atoms with van der Waals surface area (Å²) in [4.78, 5) is 13.2. The molecule has 1 aliphatic rings. The van der Waals surface area contributed by atoms with Gasteiger partial charge >= 0.3 is 5.69 Å². The standard InChI is InChI=1S/C14H21N3O2/c1-3-11-8-9-16(10-11)13-7-5-6-12(15-4-2)14(13)17(18)19/h5-7,11,15H,3-4,8-10H2,1-2H3. The molecule has 2 rings (SSSR count). The SMILES string of the molecule is CCNc1cccc(N2CCC(CC)C2)c1[N+](=O)[O-]. The van der Waals surface area contributed by atoms with E-state index in [-0.39, 0.29) is 10.6 Å². The average molecular weight is 263 g/mol. The molecule has 0 spiro atoms. The van der Waals surface area contributed by atoms with Crippen LogP contribution in [0.5, 0.6) is 0 Å². The Morgan fingerprint density at radius 2 is 2.26 bits per heavy atom. The summed E-state index contributed by atoms with van der Waals surface area (Å²) < 4.78 is 0. The number of nitrogens with zero attached hydrogens (tertiary/aromatic N) is 2. The second-order valence-electron chi connectivity index (χ2n) is 4.97. The van der Waals surface area contributed by atoms with E-state index in [2.05, 4.69) is 17.1 Å². The molecule has 5 heteroatoms. The van der Waals surface area contributed by atoms with Crippen molar-refractivity contribution in [1.82, 2.24) is 0 Å². The summed E-state index contributed by atoms with van der Waals surface area (Å²) in [5.74, 6) is 0.655. The zero-order chi connectivity index (χ0) is 13.8. The van der Waals surface area contributed by atoms with Crippen molar-refractivity contribution in [3.63, 3.8) is 0 Å². The van der Waals surface area contributed by atoms with E-state index in [0.29, 0.717) is 18.2 Å². The Morgan fingerprint density at radius 3 is 2.84 bits per heavy atom. The topological polar surface area (TPSA) is 58.4 Å². The van der Waals surface area contributed by atoms with Gasteiger partial charge in [0.1, 0.15) is 11.4 Å². The first-order valence-corrected chi connectivity index (χ1v) is 6.93. The van der Waals surface area contributed by atoms with E-state index in [0.717, 1.165) is 31.6 Å². The van der Waals surface area contributed by atoms with Crippen LogP contribution in [0.4, 0.5) is 17.1 Å². The summed E-state index contributed by atoms with van der Waals surface area (Å²) in [5, 5.41) is 14.4. The van der Waals surface area contributed by atoms with Crippen molar-refractivity contribution in [2.45, 2.75) is 26.7 Å². The van der Waals surface area contributed by atoms with Crippen LogP contribution in [0.15, 0.2) is 18.2 Å². The predicted molar refractivity (Wildman–Crippen MR) is 77.9 cm³/mol. The second kappa shape index (κ2) is 5.91. The molecule has 1 fully saturated rings. The summed E-state index contributed by atoms with van der Waals surface area (Å²) in [6, 6.07) is 5.52. The van der Waals surface area contributed by atoms with Crippen molar-refractivity contribution < 1.29 is 4.92 Å². The molecule has 1 heterocycles. The number of nitro groups is 1. The lowest BCUT2D eigenvalue weighted by Gasteiger charge is -2.19. The molecule has 1 aromatic rings. The van der Waals surface area contributed by atoms with Gasteiger partial charge in [0.2, 0.25) is 0 Å². The fraction of sp³-hybridized carbons (Fsp3) is 0.571. The molecule has 1 saturated heterocycles. The molecule has 0 saturated carbocycles. The fourth-order valence-corrected chi connectivity index (χ4v) is 2.70. The van der Waals surface area contributed by atoms with Gasteiger partial charge < -0.3 is 10.2 Å². The van der Waals surface area contributed by atoms with Crippen LogP contribution in [0, 0.1) is 16.0 Å². The van der Waals surface area contributed by atoms with Gasteiger partial charge in [-0.3, -0.25) is 10.1 Å². The second-order valence-corrected chi connectivity index (χ2v) is 4.97. The molecule has 0 aliphatic carbocycles. The Labute approximate surface area is 113 Å². The maximum absolute atomic E-state index is 11.4. The number of hydrogen-bond donors (Lipinski definition) is 1. The van der Waals surface area contributed by atoms with Crippen molar-refractivity contribution in [2.24, 2.45) is 5.92 Å². The highest BCUT2D eigenvalue weighted by Gasteiger charge is 2.28. The molecular formula is C14H21N3O2. The van der Waals surface area contributed by atoms with E-state index in [1.165, 1.54) is 0 Å². The van der Waals surface area contributed by atoms with Gasteiger partial charge in [-0.1, -0.05) is 19.4 Å². The Hall–Kier alpha value is -1.78. The van der Waals surface area contributed by atoms with E-state index in [4.69, 9.17) is 0 Å². The minimum atomic E-state index is -0.271. The third kappa shape index (κ3) is 2.80. The normalized spacial score (nSPS) is 18.6. The number of para-hydroxylation sites is 1. The summed E-state index contributed by atoms with van der Waals surface area (Å²) in [5.41, 5.74) is 1.57. The summed E-state index contributed by atoms with van der Waals surface area (Å²) >= 11 is 0. The van der Waals surface area contributed by atoms with Gasteiger partial charge in [-0.25, -0.2) is 0 Å². The molecule has 1 aromatic carbocycles. The third-order valence-electron chi connectivity index (χ3n) is 3.77. The van der Waals surface area contributed by atoms with E-state index in [1.54, 1.807) is 6.07 Å². The van der Waals surface area contributed by atoms with Crippen LogP contribution < -0.4 is 10.2 Å². The Bertz CT molecular complexity index is 462. The van der Waals surface area contributed by atoms with Crippen LogP contribution in [0.2, 0.25) is 0 Å². The molecule has 1 atom stereocenters. The Morgan fingerprint density at radius 1 is 1.47 bits per heavy atom. The van der Waals surface area contributed by atoms with E-state index >= 15 is 0 Å². The number of anilines is 2. The van der Waals surface area contributed by atoms with Crippen molar-refractivity contribution in [2.75, 3.05) is 29.9 Å². The first kappa shape index (κ1) is 13.6. The largest absolute Gasteiger partial charge is 0.380 e. The van der Waals surface area contributed by atoms with Crippen LogP contribution in [0.1, 0.15) is 26.7 Å².